The van der Waals surface area contributed by atoms with E-state index in [1.54, 1.807) is 0 Å². The maximum Gasteiger partial charge on any atom is 0.0256 e. The monoisotopic (exact) mass is 187 g/mol. The van der Waals surface area contributed by atoms with Crippen molar-refractivity contribution in [3.63, 3.8) is 0 Å². The van der Waals surface area contributed by atoms with Gasteiger partial charge in [0.1, 0.15) is 0 Å². The van der Waals surface area contributed by atoms with Gasteiger partial charge in [-0.2, -0.15) is 0 Å². The maximum atomic E-state index is 6.06. The van der Waals surface area contributed by atoms with Crippen LogP contribution in [0.25, 0.3) is 6.08 Å². The Morgan fingerprint density at radius 2 is 1.93 bits per heavy atom. The second kappa shape index (κ2) is 4.43. The van der Waals surface area contributed by atoms with E-state index in [9.17, 15) is 0 Å². The Hall–Kier alpha value is -1.08. The van der Waals surface area contributed by atoms with Crippen LogP contribution in [-0.2, 0) is 0 Å². The molecule has 0 radical (unpaired) electrons. The Balaban J connectivity index is 2.17. The molecule has 1 aromatic rings. The van der Waals surface area contributed by atoms with Crippen molar-refractivity contribution in [2.24, 2.45) is 5.73 Å². The summed E-state index contributed by atoms with van der Waals surface area (Å²) in [5.74, 6) is 0. The van der Waals surface area contributed by atoms with Crippen LogP contribution in [0.5, 0.6) is 0 Å². The van der Waals surface area contributed by atoms with E-state index >= 15 is 0 Å². The molecular formula is C13H17N. The van der Waals surface area contributed by atoms with E-state index in [-0.39, 0.29) is 0 Å². The Morgan fingerprint density at radius 3 is 2.64 bits per heavy atom. The zero-order chi connectivity index (χ0) is 9.80. The predicted molar refractivity (Wildman–Crippen MR) is 60.9 cm³/mol. The molecular weight excluding hydrogens is 170 g/mol. The predicted octanol–water partition coefficient (Wildman–Crippen LogP) is 2.97. The van der Waals surface area contributed by atoms with Crippen molar-refractivity contribution in [3.05, 3.63) is 41.5 Å². The molecule has 1 nitrogen and oxygen atoms in total. The minimum absolute atomic E-state index is 0.295. The lowest BCUT2D eigenvalue weighted by molar-refractivity contribution is 0.540. The van der Waals surface area contributed by atoms with Crippen molar-refractivity contribution in [1.82, 2.24) is 0 Å². The van der Waals surface area contributed by atoms with Gasteiger partial charge in [-0.05, 0) is 24.8 Å². The quantitative estimate of drug-likeness (QED) is 0.718. The molecule has 1 atom stereocenters. The molecule has 1 aliphatic rings. The molecule has 1 heteroatoms. The van der Waals surface area contributed by atoms with E-state index in [1.807, 2.05) is 6.07 Å². The van der Waals surface area contributed by atoms with Crippen molar-refractivity contribution >= 4 is 6.08 Å². The maximum absolute atomic E-state index is 6.06. The number of hydrogen-bond donors (Lipinski definition) is 1. The molecule has 1 saturated carbocycles. The van der Waals surface area contributed by atoms with E-state index in [2.05, 4.69) is 30.3 Å². The summed E-state index contributed by atoms with van der Waals surface area (Å²) in [6.45, 7) is 0. The molecule has 14 heavy (non-hydrogen) atoms. The van der Waals surface area contributed by atoms with E-state index in [4.69, 9.17) is 5.73 Å². The van der Waals surface area contributed by atoms with Gasteiger partial charge in [-0.1, -0.05) is 48.4 Å². The second-order valence-electron chi connectivity index (χ2n) is 3.98. The zero-order valence-corrected chi connectivity index (χ0v) is 8.45. The summed E-state index contributed by atoms with van der Waals surface area (Å²) < 4.78 is 0. The highest BCUT2D eigenvalue weighted by Crippen LogP contribution is 2.24. The fraction of sp³-hybridized carbons (Fsp3) is 0.385. The Kier molecular flexibility index (Phi) is 3.00. The van der Waals surface area contributed by atoms with Gasteiger partial charge >= 0.3 is 0 Å². The highest BCUT2D eigenvalue weighted by atomic mass is 14.6. The largest absolute Gasteiger partial charge is 0.324 e. The van der Waals surface area contributed by atoms with Crippen LogP contribution >= 0.6 is 0 Å². The lowest BCUT2D eigenvalue weighted by atomic mass is 9.89. The molecule has 0 heterocycles. The lowest BCUT2D eigenvalue weighted by Crippen LogP contribution is -2.25. The lowest BCUT2D eigenvalue weighted by Gasteiger charge is -2.21. The first-order chi connectivity index (χ1) is 6.86. The molecule has 0 saturated heterocycles. The second-order valence-corrected chi connectivity index (χ2v) is 3.98. The summed E-state index contributed by atoms with van der Waals surface area (Å²) in [4.78, 5) is 0. The molecule has 0 aromatic heterocycles. The Labute approximate surface area is 85.6 Å². The Bertz CT molecular complexity index is 313. The molecule has 2 rings (SSSR count). The third-order valence-electron chi connectivity index (χ3n) is 2.86. The first-order valence-electron chi connectivity index (χ1n) is 5.37. The summed E-state index contributed by atoms with van der Waals surface area (Å²) in [5, 5.41) is 0. The molecule has 0 amide bonds. The molecule has 0 unspecified atom stereocenters. The standard InChI is InChI=1S/C13H17N/c14-13-9-5-4-8-12(13)10-11-6-2-1-3-7-11/h1-3,6-7,10,13H,4-5,8-9,14H2/b12-10+/t13-/m1/s1. The fourth-order valence-corrected chi connectivity index (χ4v) is 2.01. The average Bonchev–Trinajstić information content (AvgIpc) is 2.23. The molecule has 1 fully saturated rings. The van der Waals surface area contributed by atoms with E-state index in [1.165, 1.54) is 30.4 Å². The molecule has 0 bridgehead atoms. The van der Waals surface area contributed by atoms with E-state index in [0.717, 1.165) is 6.42 Å². The number of rotatable bonds is 1. The summed E-state index contributed by atoms with van der Waals surface area (Å²) >= 11 is 0. The minimum Gasteiger partial charge on any atom is -0.324 e. The first kappa shape index (κ1) is 9.47. The smallest absolute Gasteiger partial charge is 0.0256 e. The van der Waals surface area contributed by atoms with E-state index in [0.29, 0.717) is 6.04 Å². The van der Waals surface area contributed by atoms with Crippen molar-refractivity contribution < 1.29 is 0 Å². The van der Waals surface area contributed by atoms with Gasteiger partial charge in [0.15, 0.2) is 0 Å². The van der Waals surface area contributed by atoms with Crippen LogP contribution in [0.1, 0.15) is 31.2 Å². The summed E-state index contributed by atoms with van der Waals surface area (Å²) in [6, 6.07) is 10.7. The van der Waals surface area contributed by atoms with Crippen LogP contribution in [0.15, 0.2) is 35.9 Å². The van der Waals surface area contributed by atoms with Crippen LogP contribution in [0.4, 0.5) is 0 Å². The van der Waals surface area contributed by atoms with Gasteiger partial charge in [-0.3, -0.25) is 0 Å². The molecule has 1 aromatic carbocycles. The van der Waals surface area contributed by atoms with Crippen molar-refractivity contribution in [1.29, 1.82) is 0 Å². The molecule has 74 valence electrons. The highest BCUT2D eigenvalue weighted by Gasteiger charge is 2.13. The molecule has 0 aliphatic heterocycles. The number of nitrogens with two attached hydrogens (primary N) is 1. The van der Waals surface area contributed by atoms with Crippen LogP contribution in [0.2, 0.25) is 0 Å². The van der Waals surface area contributed by atoms with Gasteiger partial charge in [0.05, 0.1) is 0 Å². The van der Waals surface area contributed by atoms with Gasteiger partial charge in [-0.15, -0.1) is 0 Å². The fourth-order valence-electron chi connectivity index (χ4n) is 2.01. The van der Waals surface area contributed by atoms with Gasteiger partial charge in [0.25, 0.3) is 0 Å². The van der Waals surface area contributed by atoms with Crippen LogP contribution in [-0.4, -0.2) is 6.04 Å². The highest BCUT2D eigenvalue weighted by molar-refractivity contribution is 5.54. The summed E-state index contributed by atoms with van der Waals surface area (Å²) in [6.07, 6.45) is 7.16. The van der Waals surface area contributed by atoms with Crippen LogP contribution < -0.4 is 5.73 Å². The third-order valence-corrected chi connectivity index (χ3v) is 2.86. The van der Waals surface area contributed by atoms with Gasteiger partial charge in [-0.25, -0.2) is 0 Å². The van der Waals surface area contributed by atoms with Crippen LogP contribution in [0.3, 0.4) is 0 Å². The SMILES string of the molecule is N[C@@H]1CCCC/C1=C\c1ccccc1. The number of hydrogen-bond acceptors (Lipinski definition) is 1. The van der Waals surface area contributed by atoms with Crippen molar-refractivity contribution in [2.75, 3.05) is 0 Å². The minimum atomic E-state index is 0.295. The number of benzene rings is 1. The third kappa shape index (κ3) is 2.24. The van der Waals surface area contributed by atoms with E-state index < -0.39 is 0 Å². The van der Waals surface area contributed by atoms with Gasteiger partial charge in [0, 0.05) is 6.04 Å². The first-order valence-corrected chi connectivity index (χ1v) is 5.37. The topological polar surface area (TPSA) is 26.0 Å². The van der Waals surface area contributed by atoms with Crippen molar-refractivity contribution in [2.45, 2.75) is 31.7 Å². The van der Waals surface area contributed by atoms with Crippen LogP contribution in [0, 0.1) is 0 Å². The molecule has 0 spiro atoms. The summed E-state index contributed by atoms with van der Waals surface area (Å²) in [7, 11) is 0. The average molecular weight is 187 g/mol. The molecule has 2 N–H and O–H groups in total. The Morgan fingerprint density at radius 1 is 1.14 bits per heavy atom. The van der Waals surface area contributed by atoms with Gasteiger partial charge in [0.2, 0.25) is 0 Å². The normalized spacial score (nSPS) is 25.2. The van der Waals surface area contributed by atoms with Gasteiger partial charge < -0.3 is 5.73 Å². The summed E-state index contributed by atoms with van der Waals surface area (Å²) in [5.41, 5.74) is 8.76. The zero-order valence-electron chi connectivity index (χ0n) is 8.45. The van der Waals surface area contributed by atoms with Crippen molar-refractivity contribution in [3.8, 4) is 0 Å². The molecule has 1 aliphatic carbocycles.